The molecule has 0 aliphatic heterocycles. The lowest BCUT2D eigenvalue weighted by Gasteiger charge is -2.00. The van der Waals surface area contributed by atoms with Crippen LogP contribution in [0, 0.1) is 6.92 Å². The molecule has 1 amide bonds. The van der Waals surface area contributed by atoms with Gasteiger partial charge >= 0.3 is 0 Å². The summed E-state index contributed by atoms with van der Waals surface area (Å²) >= 11 is 0. The van der Waals surface area contributed by atoms with Crippen molar-refractivity contribution in [2.75, 3.05) is 5.32 Å². The fraction of sp³-hybridized carbons (Fsp3) is 0.556. The molecule has 0 radical (unpaired) electrons. The monoisotopic (exact) mass is 182 g/mol. The smallest absolute Gasteiger partial charge is 0.224 e. The van der Waals surface area contributed by atoms with Crippen LogP contribution in [0.4, 0.5) is 5.69 Å². The van der Waals surface area contributed by atoms with E-state index in [9.17, 15) is 4.79 Å². The van der Waals surface area contributed by atoms with Crippen LogP contribution >= 0.6 is 0 Å². The van der Waals surface area contributed by atoms with Gasteiger partial charge in [-0.05, 0) is 13.3 Å². The average molecular weight is 182 g/mol. The predicted molar refractivity (Wildman–Crippen MR) is 49.4 cm³/mol. The Bertz CT molecular complexity index is 281. The van der Waals surface area contributed by atoms with E-state index in [-0.39, 0.29) is 5.91 Å². The van der Waals surface area contributed by atoms with Gasteiger partial charge in [-0.15, -0.1) is 0 Å². The molecule has 0 fully saturated rings. The maximum absolute atomic E-state index is 11.2. The Hall–Kier alpha value is -1.32. The minimum absolute atomic E-state index is 0.0214. The van der Waals surface area contributed by atoms with Gasteiger partial charge in [-0.25, -0.2) is 0 Å². The molecule has 1 heterocycles. The molecule has 0 saturated heterocycles. The molecule has 4 nitrogen and oxygen atoms in total. The van der Waals surface area contributed by atoms with Gasteiger partial charge in [-0.1, -0.05) is 18.5 Å². The molecule has 0 aliphatic rings. The summed E-state index contributed by atoms with van der Waals surface area (Å²) in [4.78, 5) is 11.2. The fourth-order valence-electron chi connectivity index (χ4n) is 0.969. The van der Waals surface area contributed by atoms with Crippen molar-refractivity contribution in [1.82, 2.24) is 5.16 Å². The van der Waals surface area contributed by atoms with Gasteiger partial charge in [-0.2, -0.15) is 0 Å². The van der Waals surface area contributed by atoms with Crippen molar-refractivity contribution in [3.63, 3.8) is 0 Å². The van der Waals surface area contributed by atoms with E-state index in [0.717, 1.165) is 12.8 Å². The first-order valence-electron chi connectivity index (χ1n) is 4.45. The minimum atomic E-state index is 0.0214. The number of unbranched alkanes of at least 4 members (excludes halogenated alkanes) is 1. The van der Waals surface area contributed by atoms with Gasteiger partial charge in [0.1, 0.15) is 5.69 Å². The SMILES string of the molecule is CCCCC(=O)Nc1cnoc1C. The second kappa shape index (κ2) is 4.64. The highest BCUT2D eigenvalue weighted by Crippen LogP contribution is 2.12. The van der Waals surface area contributed by atoms with E-state index in [4.69, 9.17) is 4.52 Å². The molecule has 1 N–H and O–H groups in total. The molecule has 1 aromatic rings. The lowest BCUT2D eigenvalue weighted by Crippen LogP contribution is -2.10. The molecule has 0 spiro atoms. The molecule has 0 aromatic carbocycles. The second-order valence-corrected chi connectivity index (χ2v) is 2.95. The van der Waals surface area contributed by atoms with Gasteiger partial charge in [0, 0.05) is 6.42 Å². The van der Waals surface area contributed by atoms with Crippen LogP contribution in [0.15, 0.2) is 10.7 Å². The summed E-state index contributed by atoms with van der Waals surface area (Å²) in [6, 6.07) is 0. The normalized spacial score (nSPS) is 10.0. The zero-order valence-electron chi connectivity index (χ0n) is 7.96. The van der Waals surface area contributed by atoms with Crippen molar-refractivity contribution in [2.45, 2.75) is 33.1 Å². The third-order valence-electron chi connectivity index (χ3n) is 1.78. The molecule has 0 bridgehead atoms. The van der Waals surface area contributed by atoms with Crippen molar-refractivity contribution in [1.29, 1.82) is 0 Å². The molecule has 0 saturated carbocycles. The predicted octanol–water partition coefficient (Wildman–Crippen LogP) is 2.11. The van der Waals surface area contributed by atoms with Crippen LogP contribution in [0.5, 0.6) is 0 Å². The maximum Gasteiger partial charge on any atom is 0.224 e. The number of carbonyl (C=O) groups excluding carboxylic acids is 1. The van der Waals surface area contributed by atoms with E-state index >= 15 is 0 Å². The lowest BCUT2D eigenvalue weighted by molar-refractivity contribution is -0.116. The van der Waals surface area contributed by atoms with Crippen LogP contribution in [-0.2, 0) is 4.79 Å². The highest BCUT2D eigenvalue weighted by Gasteiger charge is 2.06. The number of carbonyl (C=O) groups is 1. The summed E-state index contributed by atoms with van der Waals surface area (Å²) < 4.78 is 4.81. The quantitative estimate of drug-likeness (QED) is 0.775. The van der Waals surface area contributed by atoms with Crippen LogP contribution < -0.4 is 5.32 Å². The van der Waals surface area contributed by atoms with Gasteiger partial charge in [0.2, 0.25) is 5.91 Å². The zero-order chi connectivity index (χ0) is 9.68. The summed E-state index contributed by atoms with van der Waals surface area (Å²) in [6.07, 6.45) is 4.01. The third-order valence-corrected chi connectivity index (χ3v) is 1.78. The number of aryl methyl sites for hydroxylation is 1. The molecular formula is C9H14N2O2. The Morgan fingerprint density at radius 1 is 1.69 bits per heavy atom. The number of nitrogens with zero attached hydrogens (tertiary/aromatic N) is 1. The zero-order valence-corrected chi connectivity index (χ0v) is 7.96. The largest absolute Gasteiger partial charge is 0.359 e. The van der Waals surface area contributed by atoms with Crippen LogP contribution in [0.2, 0.25) is 0 Å². The van der Waals surface area contributed by atoms with Crippen molar-refractivity contribution in [3.05, 3.63) is 12.0 Å². The van der Waals surface area contributed by atoms with Gasteiger partial charge in [0.05, 0.1) is 6.20 Å². The Labute approximate surface area is 77.3 Å². The first-order valence-corrected chi connectivity index (χ1v) is 4.45. The van der Waals surface area contributed by atoms with Crippen LogP contribution in [0.25, 0.3) is 0 Å². The summed E-state index contributed by atoms with van der Waals surface area (Å²) in [5, 5.41) is 6.30. The molecule has 1 aromatic heterocycles. The molecule has 4 heteroatoms. The Morgan fingerprint density at radius 2 is 2.46 bits per heavy atom. The summed E-state index contributed by atoms with van der Waals surface area (Å²) in [5.41, 5.74) is 0.668. The number of hydrogen-bond donors (Lipinski definition) is 1. The minimum Gasteiger partial charge on any atom is -0.359 e. The topological polar surface area (TPSA) is 55.1 Å². The molecule has 0 aliphatic carbocycles. The highest BCUT2D eigenvalue weighted by molar-refractivity contribution is 5.90. The van der Waals surface area contributed by atoms with Crippen molar-refractivity contribution < 1.29 is 9.32 Å². The van der Waals surface area contributed by atoms with E-state index < -0.39 is 0 Å². The summed E-state index contributed by atoms with van der Waals surface area (Å²) in [7, 11) is 0. The van der Waals surface area contributed by atoms with Gasteiger partial charge in [0.25, 0.3) is 0 Å². The van der Waals surface area contributed by atoms with Gasteiger partial charge in [-0.3, -0.25) is 4.79 Å². The molecule has 1 rings (SSSR count). The standard InChI is InChI=1S/C9H14N2O2/c1-3-4-5-9(12)11-8-6-10-13-7(8)2/h6H,3-5H2,1-2H3,(H,11,12). The first kappa shape index (κ1) is 9.77. The van der Waals surface area contributed by atoms with Gasteiger partial charge < -0.3 is 9.84 Å². The van der Waals surface area contributed by atoms with Crippen molar-refractivity contribution in [3.8, 4) is 0 Å². The number of hydrogen-bond acceptors (Lipinski definition) is 3. The summed E-state index contributed by atoms with van der Waals surface area (Å²) in [6.45, 7) is 3.82. The van der Waals surface area contributed by atoms with Crippen molar-refractivity contribution >= 4 is 11.6 Å². The van der Waals surface area contributed by atoms with Crippen LogP contribution in [0.1, 0.15) is 31.9 Å². The van der Waals surface area contributed by atoms with Crippen LogP contribution in [-0.4, -0.2) is 11.1 Å². The Kier molecular flexibility index (Phi) is 3.49. The Balaban J connectivity index is 2.41. The molecule has 13 heavy (non-hydrogen) atoms. The molecule has 72 valence electrons. The van der Waals surface area contributed by atoms with Crippen LogP contribution in [0.3, 0.4) is 0 Å². The number of anilines is 1. The maximum atomic E-state index is 11.2. The molecule has 0 atom stereocenters. The lowest BCUT2D eigenvalue weighted by atomic mass is 10.2. The van der Waals surface area contributed by atoms with E-state index in [0.29, 0.717) is 17.9 Å². The number of amides is 1. The summed E-state index contributed by atoms with van der Waals surface area (Å²) in [5.74, 6) is 0.665. The molecule has 0 unspecified atom stereocenters. The van der Waals surface area contributed by atoms with E-state index in [1.54, 1.807) is 6.92 Å². The average Bonchev–Trinajstić information content (AvgIpc) is 2.48. The van der Waals surface area contributed by atoms with Gasteiger partial charge in [0.15, 0.2) is 5.76 Å². The van der Waals surface area contributed by atoms with E-state index in [1.807, 2.05) is 0 Å². The van der Waals surface area contributed by atoms with E-state index in [2.05, 4.69) is 17.4 Å². The third kappa shape index (κ3) is 2.89. The number of rotatable bonds is 4. The molecular weight excluding hydrogens is 168 g/mol. The number of nitrogens with one attached hydrogen (secondary N) is 1. The van der Waals surface area contributed by atoms with E-state index in [1.165, 1.54) is 6.20 Å². The van der Waals surface area contributed by atoms with Crippen molar-refractivity contribution in [2.24, 2.45) is 0 Å². The second-order valence-electron chi connectivity index (χ2n) is 2.95. The first-order chi connectivity index (χ1) is 6.24. The highest BCUT2D eigenvalue weighted by atomic mass is 16.5. The fourth-order valence-corrected chi connectivity index (χ4v) is 0.969. The number of aromatic nitrogens is 1. The Morgan fingerprint density at radius 3 is 3.00 bits per heavy atom.